The van der Waals surface area contributed by atoms with Gasteiger partial charge in [0.25, 0.3) is 5.91 Å². The van der Waals surface area contributed by atoms with Crippen LogP contribution in [0.25, 0.3) is 0 Å². The van der Waals surface area contributed by atoms with E-state index in [-0.39, 0.29) is 30.2 Å². The quantitative estimate of drug-likeness (QED) is 0.334. The van der Waals surface area contributed by atoms with E-state index in [0.29, 0.717) is 3.58 Å². The van der Waals surface area contributed by atoms with Crippen molar-refractivity contribution >= 4 is 40.4 Å². The van der Waals surface area contributed by atoms with E-state index in [1.165, 1.54) is 18.2 Å². The first-order valence-corrected chi connectivity index (χ1v) is 6.63. The van der Waals surface area contributed by atoms with Crippen molar-refractivity contribution in [1.29, 1.82) is 0 Å². The van der Waals surface area contributed by atoms with Crippen molar-refractivity contribution in [2.45, 2.75) is 0 Å². The first-order valence-electron chi connectivity index (χ1n) is 5.55. The second-order valence-corrected chi connectivity index (χ2v) is 4.95. The zero-order valence-corrected chi connectivity index (χ0v) is 12.5. The lowest BCUT2D eigenvalue weighted by molar-refractivity contribution is -0.116. The number of esters is 1. The van der Waals surface area contributed by atoms with E-state index in [0.717, 1.165) is 0 Å². The lowest BCUT2D eigenvalue weighted by atomic mass is 10.1. The molecule has 0 bridgehead atoms. The molecule has 1 aromatic carbocycles. The maximum absolute atomic E-state index is 11.7. The fraction of sp³-hybridized carbons (Fsp3) is 0.154. The fourth-order valence-electron chi connectivity index (χ4n) is 1.33. The second kappa shape index (κ2) is 7.63. The van der Waals surface area contributed by atoms with Gasteiger partial charge in [-0.1, -0.05) is 18.7 Å². The molecule has 0 atom stereocenters. The molecular formula is C13H12INO5. The number of halogens is 1. The standard InChI is InChI=1S/C13H12INO5/c1-8(14)11(16)15-6-7-20-13(19)10-5-3-2-4-9(10)12(17)18/h2-5H,1,6-7H2,(H,15,16)(H,17,18). The van der Waals surface area contributed by atoms with Gasteiger partial charge < -0.3 is 15.2 Å². The van der Waals surface area contributed by atoms with E-state index in [1.54, 1.807) is 28.7 Å². The molecule has 0 radical (unpaired) electrons. The third kappa shape index (κ3) is 4.65. The Labute approximate surface area is 129 Å². The molecule has 0 unspecified atom stereocenters. The zero-order valence-electron chi connectivity index (χ0n) is 10.4. The number of nitrogens with one attached hydrogen (secondary N) is 1. The predicted molar refractivity (Wildman–Crippen MR) is 79.9 cm³/mol. The van der Waals surface area contributed by atoms with Crippen LogP contribution in [-0.4, -0.2) is 36.1 Å². The predicted octanol–water partition coefficient (Wildman–Crippen LogP) is 1.61. The van der Waals surface area contributed by atoms with Crippen molar-refractivity contribution in [3.8, 4) is 0 Å². The van der Waals surface area contributed by atoms with Crippen molar-refractivity contribution < 1.29 is 24.2 Å². The summed E-state index contributed by atoms with van der Waals surface area (Å²) in [5, 5.41) is 11.4. The monoisotopic (exact) mass is 389 g/mol. The number of carbonyl (C=O) groups excluding carboxylic acids is 2. The molecule has 0 aliphatic heterocycles. The lowest BCUT2D eigenvalue weighted by Gasteiger charge is -2.07. The minimum Gasteiger partial charge on any atom is -0.478 e. The van der Waals surface area contributed by atoms with E-state index in [1.807, 2.05) is 0 Å². The highest BCUT2D eigenvalue weighted by molar-refractivity contribution is 14.1. The largest absolute Gasteiger partial charge is 0.478 e. The van der Waals surface area contributed by atoms with Gasteiger partial charge in [-0.15, -0.1) is 0 Å². The van der Waals surface area contributed by atoms with Crippen molar-refractivity contribution in [2.75, 3.05) is 13.2 Å². The zero-order chi connectivity index (χ0) is 15.1. The van der Waals surface area contributed by atoms with Crippen LogP contribution in [0.1, 0.15) is 20.7 Å². The molecule has 2 N–H and O–H groups in total. The number of rotatable bonds is 6. The molecule has 1 amide bonds. The normalized spacial score (nSPS) is 9.65. The highest BCUT2D eigenvalue weighted by Crippen LogP contribution is 2.10. The number of amides is 1. The Morgan fingerprint density at radius 3 is 2.40 bits per heavy atom. The highest BCUT2D eigenvalue weighted by Gasteiger charge is 2.16. The van der Waals surface area contributed by atoms with Crippen LogP contribution < -0.4 is 5.32 Å². The topological polar surface area (TPSA) is 92.7 Å². The Hall–Kier alpha value is -1.90. The molecule has 1 aromatic rings. The summed E-state index contributed by atoms with van der Waals surface area (Å²) in [7, 11) is 0. The fourth-order valence-corrected chi connectivity index (χ4v) is 1.52. The molecule has 6 nitrogen and oxygen atoms in total. The summed E-state index contributed by atoms with van der Waals surface area (Å²) in [4.78, 5) is 33.8. The van der Waals surface area contributed by atoms with E-state index in [4.69, 9.17) is 9.84 Å². The summed E-state index contributed by atoms with van der Waals surface area (Å²) in [5.41, 5.74) is -0.146. The average Bonchev–Trinajstić information content (AvgIpc) is 2.42. The molecule has 0 aliphatic rings. The van der Waals surface area contributed by atoms with Gasteiger partial charge in [0.15, 0.2) is 0 Å². The van der Waals surface area contributed by atoms with Gasteiger partial charge >= 0.3 is 11.9 Å². The number of hydrogen-bond donors (Lipinski definition) is 2. The minimum absolute atomic E-state index is 0.0235. The first kappa shape index (κ1) is 16.2. The third-order valence-electron chi connectivity index (χ3n) is 2.24. The highest BCUT2D eigenvalue weighted by atomic mass is 127. The van der Waals surface area contributed by atoms with E-state index in [9.17, 15) is 14.4 Å². The summed E-state index contributed by atoms with van der Waals surface area (Å²) in [6.45, 7) is 3.52. The van der Waals surface area contributed by atoms with Crippen LogP contribution in [-0.2, 0) is 9.53 Å². The minimum atomic E-state index is -1.20. The van der Waals surface area contributed by atoms with Crippen molar-refractivity contribution in [2.24, 2.45) is 0 Å². The number of carbonyl (C=O) groups is 3. The molecule has 0 saturated heterocycles. The maximum atomic E-state index is 11.7. The number of hydrogen-bond acceptors (Lipinski definition) is 4. The van der Waals surface area contributed by atoms with Crippen LogP contribution in [0.15, 0.2) is 34.4 Å². The molecule has 106 valence electrons. The van der Waals surface area contributed by atoms with Crippen LogP contribution in [0, 0.1) is 0 Å². The maximum Gasteiger partial charge on any atom is 0.339 e. The molecular weight excluding hydrogens is 377 g/mol. The Bertz CT molecular complexity index is 555. The van der Waals surface area contributed by atoms with Crippen LogP contribution in [0.2, 0.25) is 0 Å². The lowest BCUT2D eigenvalue weighted by Crippen LogP contribution is -2.27. The number of aromatic carboxylic acids is 1. The Balaban J connectivity index is 2.54. The van der Waals surface area contributed by atoms with Gasteiger partial charge in [-0.2, -0.15) is 0 Å². The molecule has 0 aromatic heterocycles. The van der Waals surface area contributed by atoms with Gasteiger partial charge in [0.1, 0.15) is 6.61 Å². The number of ether oxygens (including phenoxy) is 1. The molecule has 0 fully saturated rings. The summed E-state index contributed by atoms with van der Waals surface area (Å²) in [5.74, 6) is -2.29. The van der Waals surface area contributed by atoms with E-state index in [2.05, 4.69) is 11.9 Å². The van der Waals surface area contributed by atoms with Gasteiger partial charge in [0, 0.05) is 0 Å². The molecule has 0 spiro atoms. The summed E-state index contributed by atoms with van der Waals surface area (Å²) >= 11 is 1.77. The van der Waals surface area contributed by atoms with Crippen molar-refractivity contribution in [3.63, 3.8) is 0 Å². The van der Waals surface area contributed by atoms with Gasteiger partial charge in [0.05, 0.1) is 21.3 Å². The van der Waals surface area contributed by atoms with Crippen LogP contribution in [0.3, 0.4) is 0 Å². The number of carboxylic acid groups (broad SMARTS) is 1. The molecule has 20 heavy (non-hydrogen) atoms. The van der Waals surface area contributed by atoms with Crippen LogP contribution >= 0.6 is 22.6 Å². The first-order chi connectivity index (χ1) is 9.43. The van der Waals surface area contributed by atoms with Crippen LogP contribution in [0.4, 0.5) is 0 Å². The van der Waals surface area contributed by atoms with Gasteiger partial charge in [-0.3, -0.25) is 4.79 Å². The Kier molecular flexibility index (Phi) is 6.16. The van der Waals surface area contributed by atoms with Crippen LogP contribution in [0.5, 0.6) is 0 Å². The Morgan fingerprint density at radius 2 is 1.85 bits per heavy atom. The average molecular weight is 389 g/mol. The van der Waals surface area contributed by atoms with Gasteiger partial charge in [-0.05, 0) is 34.7 Å². The number of carboxylic acids is 1. The van der Waals surface area contributed by atoms with Gasteiger partial charge in [0.2, 0.25) is 0 Å². The summed E-state index contributed by atoms with van der Waals surface area (Å²) < 4.78 is 5.22. The smallest absolute Gasteiger partial charge is 0.339 e. The molecule has 0 saturated carbocycles. The van der Waals surface area contributed by atoms with Crippen molar-refractivity contribution in [1.82, 2.24) is 5.32 Å². The van der Waals surface area contributed by atoms with E-state index < -0.39 is 11.9 Å². The molecule has 0 heterocycles. The van der Waals surface area contributed by atoms with Crippen molar-refractivity contribution in [3.05, 3.63) is 45.6 Å². The number of benzene rings is 1. The molecule has 0 aliphatic carbocycles. The summed E-state index contributed by atoms with van der Waals surface area (Å²) in [6.07, 6.45) is 0. The second-order valence-electron chi connectivity index (χ2n) is 3.65. The molecule has 1 rings (SSSR count). The van der Waals surface area contributed by atoms with Gasteiger partial charge in [-0.25, -0.2) is 9.59 Å². The van der Waals surface area contributed by atoms with E-state index >= 15 is 0 Å². The molecule has 7 heteroatoms. The summed E-state index contributed by atoms with van der Waals surface area (Å²) in [6, 6.07) is 5.76. The third-order valence-corrected chi connectivity index (χ3v) is 2.73. The SMILES string of the molecule is C=C(I)C(=O)NCCOC(=O)c1ccccc1C(=O)O. The Morgan fingerprint density at radius 1 is 1.25 bits per heavy atom.